The van der Waals surface area contributed by atoms with Gasteiger partial charge in [-0.2, -0.15) is 0 Å². The maximum Gasteiger partial charge on any atom is 0.255 e. The van der Waals surface area contributed by atoms with Gasteiger partial charge in [0.05, 0.1) is 11.6 Å². The molecule has 1 atom stereocenters. The summed E-state index contributed by atoms with van der Waals surface area (Å²) in [7, 11) is 0. The lowest BCUT2D eigenvalue weighted by atomic mass is 9.95. The first kappa shape index (κ1) is 18.5. The van der Waals surface area contributed by atoms with Crippen molar-refractivity contribution in [3.8, 4) is 0 Å². The molecule has 1 amide bonds. The van der Waals surface area contributed by atoms with Gasteiger partial charge in [0.25, 0.3) is 5.91 Å². The largest absolute Gasteiger partial charge is 0.351 e. The summed E-state index contributed by atoms with van der Waals surface area (Å²) in [4.78, 5) is 12.9. The molecule has 2 aromatic carbocycles. The molecule has 0 bridgehead atoms. The highest BCUT2D eigenvalue weighted by atomic mass is 79.9. The molecular weight excluding hydrogens is 424 g/mol. The third-order valence-electron chi connectivity index (χ3n) is 3.91. The predicted molar refractivity (Wildman–Crippen MR) is 103 cm³/mol. The number of rotatable bonds is 3. The molecule has 26 heavy (non-hydrogen) atoms. The Kier molecular flexibility index (Phi) is 5.33. The minimum absolute atomic E-state index is 0.160. The highest BCUT2D eigenvalue weighted by Gasteiger charge is 2.31. The molecule has 8 heteroatoms. The van der Waals surface area contributed by atoms with E-state index in [1.807, 2.05) is 24.3 Å². The second-order valence-electron chi connectivity index (χ2n) is 5.67. The van der Waals surface area contributed by atoms with E-state index in [1.54, 1.807) is 6.92 Å². The monoisotopic (exact) mass is 437 g/mol. The van der Waals surface area contributed by atoms with Crippen LogP contribution >= 0.6 is 28.1 Å². The molecule has 4 nitrogen and oxygen atoms in total. The Morgan fingerprint density at radius 3 is 2.62 bits per heavy atom. The van der Waals surface area contributed by atoms with Gasteiger partial charge in [-0.15, -0.1) is 0 Å². The minimum Gasteiger partial charge on any atom is -0.351 e. The lowest BCUT2D eigenvalue weighted by molar-refractivity contribution is -0.113. The number of benzene rings is 2. The third-order valence-corrected chi connectivity index (χ3v) is 4.85. The van der Waals surface area contributed by atoms with Gasteiger partial charge in [-0.3, -0.25) is 4.79 Å². The van der Waals surface area contributed by atoms with E-state index in [2.05, 4.69) is 31.9 Å². The summed E-state index contributed by atoms with van der Waals surface area (Å²) in [6.07, 6.45) is 0. The van der Waals surface area contributed by atoms with Crippen molar-refractivity contribution in [1.29, 1.82) is 0 Å². The molecule has 2 aromatic rings. The van der Waals surface area contributed by atoms with Crippen molar-refractivity contribution in [1.82, 2.24) is 10.6 Å². The lowest BCUT2D eigenvalue weighted by Crippen LogP contribution is -2.45. The van der Waals surface area contributed by atoms with E-state index in [1.165, 1.54) is 6.07 Å². The number of carbonyl (C=O) groups excluding carboxylic acids is 1. The van der Waals surface area contributed by atoms with Gasteiger partial charge in [-0.05, 0) is 42.9 Å². The second kappa shape index (κ2) is 7.51. The smallest absolute Gasteiger partial charge is 0.255 e. The summed E-state index contributed by atoms with van der Waals surface area (Å²) >= 11 is 8.69. The number of allylic oxidation sites excluding steroid dienone is 1. The van der Waals surface area contributed by atoms with E-state index >= 15 is 0 Å². The highest BCUT2D eigenvalue weighted by molar-refractivity contribution is 9.10. The topological polar surface area (TPSA) is 53.2 Å². The second-order valence-corrected chi connectivity index (χ2v) is 6.94. The first-order chi connectivity index (χ1) is 12.4. The zero-order valence-corrected chi connectivity index (χ0v) is 16.0. The molecular formula is C18H14BrF2N3OS. The van der Waals surface area contributed by atoms with Crippen LogP contribution in [0.3, 0.4) is 0 Å². The molecule has 1 aliphatic rings. The van der Waals surface area contributed by atoms with Gasteiger partial charge < -0.3 is 16.0 Å². The van der Waals surface area contributed by atoms with Crippen molar-refractivity contribution in [3.05, 3.63) is 75.4 Å². The van der Waals surface area contributed by atoms with Crippen LogP contribution in [0.5, 0.6) is 0 Å². The fourth-order valence-corrected chi connectivity index (χ4v) is 3.49. The molecule has 0 aromatic heterocycles. The van der Waals surface area contributed by atoms with Gasteiger partial charge in [-0.1, -0.05) is 34.1 Å². The standard InChI is InChI=1S/C18H14BrF2N3OS/c1-9-15(17(25)23-10-6-7-13(20)14(21)8-10)16(24-18(26)22-9)11-4-2-3-5-12(11)19/h2-8,16H,1H3,(H,23,25)(H2,22,24,26)/t16-/m1/s1. The normalized spacial score (nSPS) is 16.8. The number of hydrogen-bond donors (Lipinski definition) is 3. The van der Waals surface area contributed by atoms with Gasteiger partial charge in [-0.25, -0.2) is 8.78 Å². The molecule has 0 fully saturated rings. The van der Waals surface area contributed by atoms with E-state index in [0.29, 0.717) is 16.4 Å². The van der Waals surface area contributed by atoms with Crippen LogP contribution < -0.4 is 16.0 Å². The Labute approximate surface area is 162 Å². The summed E-state index contributed by atoms with van der Waals surface area (Å²) < 4.78 is 27.3. The molecule has 0 saturated carbocycles. The molecule has 1 aliphatic heterocycles. The van der Waals surface area contributed by atoms with Crippen molar-refractivity contribution < 1.29 is 13.6 Å². The highest BCUT2D eigenvalue weighted by Crippen LogP contribution is 2.32. The van der Waals surface area contributed by atoms with Crippen LogP contribution in [-0.2, 0) is 4.79 Å². The molecule has 0 saturated heterocycles. The first-order valence-corrected chi connectivity index (χ1v) is 8.86. The van der Waals surface area contributed by atoms with Crippen LogP contribution in [-0.4, -0.2) is 11.0 Å². The molecule has 0 aliphatic carbocycles. The number of hydrogen-bond acceptors (Lipinski definition) is 2. The van der Waals surface area contributed by atoms with Crippen LogP contribution in [0, 0.1) is 11.6 Å². The van der Waals surface area contributed by atoms with Crippen molar-refractivity contribution in [2.75, 3.05) is 5.32 Å². The van der Waals surface area contributed by atoms with Crippen LogP contribution in [0.25, 0.3) is 0 Å². The van der Waals surface area contributed by atoms with Crippen LogP contribution in [0.4, 0.5) is 14.5 Å². The van der Waals surface area contributed by atoms with Crippen LogP contribution in [0.2, 0.25) is 0 Å². The summed E-state index contributed by atoms with van der Waals surface area (Å²) in [6.45, 7) is 1.73. The quantitative estimate of drug-likeness (QED) is 0.631. The number of nitrogens with one attached hydrogen (secondary N) is 3. The molecule has 1 heterocycles. The number of amides is 1. The number of halogens is 3. The number of thiocarbonyl (C=S) groups is 1. The number of carbonyl (C=O) groups is 1. The maximum absolute atomic E-state index is 13.4. The summed E-state index contributed by atoms with van der Waals surface area (Å²) in [5.74, 6) is -2.45. The molecule has 0 radical (unpaired) electrons. The number of anilines is 1. The van der Waals surface area contributed by atoms with Crippen molar-refractivity contribution >= 4 is 44.9 Å². The van der Waals surface area contributed by atoms with E-state index in [-0.39, 0.29) is 5.69 Å². The molecule has 134 valence electrons. The summed E-state index contributed by atoms with van der Waals surface area (Å²) in [6, 6.07) is 10.2. The Hall–Kier alpha value is -2.32. The zero-order valence-electron chi connectivity index (χ0n) is 13.6. The molecule has 3 rings (SSSR count). The van der Waals surface area contributed by atoms with E-state index in [4.69, 9.17) is 12.2 Å². The Balaban J connectivity index is 1.97. The SMILES string of the molecule is CC1=C(C(=O)Nc2ccc(F)c(F)c2)[C@@H](c2ccccc2Br)NC(=S)N1. The van der Waals surface area contributed by atoms with E-state index in [0.717, 1.165) is 22.2 Å². The lowest BCUT2D eigenvalue weighted by Gasteiger charge is -2.31. The average Bonchev–Trinajstić information content (AvgIpc) is 2.57. The van der Waals surface area contributed by atoms with Crippen LogP contribution in [0.15, 0.2) is 58.2 Å². The summed E-state index contributed by atoms with van der Waals surface area (Å²) in [5, 5.41) is 9.00. The Bertz CT molecular complexity index is 932. The maximum atomic E-state index is 13.4. The van der Waals surface area contributed by atoms with E-state index in [9.17, 15) is 13.6 Å². The Morgan fingerprint density at radius 1 is 1.19 bits per heavy atom. The van der Waals surface area contributed by atoms with Crippen molar-refractivity contribution in [2.45, 2.75) is 13.0 Å². The van der Waals surface area contributed by atoms with Gasteiger partial charge in [0, 0.05) is 21.9 Å². The fourth-order valence-electron chi connectivity index (χ4n) is 2.71. The molecule has 0 spiro atoms. The van der Waals surface area contributed by atoms with Crippen molar-refractivity contribution in [2.24, 2.45) is 0 Å². The fraction of sp³-hybridized carbons (Fsp3) is 0.111. The molecule has 0 unspecified atom stereocenters. The minimum atomic E-state index is -1.03. The predicted octanol–water partition coefficient (Wildman–Crippen LogP) is 4.16. The average molecular weight is 438 g/mol. The van der Waals surface area contributed by atoms with E-state index < -0.39 is 23.6 Å². The zero-order chi connectivity index (χ0) is 18.8. The van der Waals surface area contributed by atoms with Gasteiger partial charge in [0.15, 0.2) is 16.7 Å². The van der Waals surface area contributed by atoms with Gasteiger partial charge >= 0.3 is 0 Å². The third kappa shape index (κ3) is 3.76. The van der Waals surface area contributed by atoms with Gasteiger partial charge in [0.1, 0.15) is 0 Å². The summed E-state index contributed by atoms with van der Waals surface area (Å²) in [5.41, 5.74) is 1.96. The molecule has 3 N–H and O–H groups in total. The van der Waals surface area contributed by atoms with Gasteiger partial charge in [0.2, 0.25) is 0 Å². The van der Waals surface area contributed by atoms with Crippen molar-refractivity contribution in [3.63, 3.8) is 0 Å². The Morgan fingerprint density at radius 2 is 1.92 bits per heavy atom. The first-order valence-electron chi connectivity index (χ1n) is 7.66. The van der Waals surface area contributed by atoms with Crippen LogP contribution in [0.1, 0.15) is 18.5 Å².